The molecule has 1 amide bonds. The Labute approximate surface area is 133 Å². The van der Waals surface area contributed by atoms with Crippen molar-refractivity contribution in [3.05, 3.63) is 23.8 Å². The summed E-state index contributed by atoms with van der Waals surface area (Å²) in [5.41, 5.74) is 0.0371. The SMILES string of the molecule is COc1ccc(C(=O)NC(C)C(=O)O)cc1S(=O)(=O)NC1CC1. The zero-order valence-corrected chi connectivity index (χ0v) is 13.5. The molecule has 1 aliphatic carbocycles. The van der Waals surface area contributed by atoms with Crippen molar-refractivity contribution in [1.29, 1.82) is 0 Å². The van der Waals surface area contributed by atoms with Gasteiger partial charge in [0.25, 0.3) is 5.91 Å². The topological polar surface area (TPSA) is 122 Å². The molecule has 8 nitrogen and oxygen atoms in total. The summed E-state index contributed by atoms with van der Waals surface area (Å²) >= 11 is 0. The fourth-order valence-corrected chi connectivity index (χ4v) is 3.35. The molecule has 0 radical (unpaired) electrons. The summed E-state index contributed by atoms with van der Waals surface area (Å²) < 4.78 is 32.3. The number of rotatable bonds is 7. The molecular formula is C14H18N2O6S. The first-order valence-corrected chi connectivity index (χ1v) is 8.47. The van der Waals surface area contributed by atoms with E-state index in [1.54, 1.807) is 0 Å². The monoisotopic (exact) mass is 342 g/mol. The van der Waals surface area contributed by atoms with Gasteiger partial charge in [-0.1, -0.05) is 0 Å². The summed E-state index contributed by atoms with van der Waals surface area (Å²) in [6, 6.07) is 2.73. The van der Waals surface area contributed by atoms with Crippen LogP contribution in [0, 0.1) is 0 Å². The van der Waals surface area contributed by atoms with E-state index in [0.29, 0.717) is 0 Å². The number of carboxylic acids is 1. The lowest BCUT2D eigenvalue weighted by Crippen LogP contribution is -2.38. The van der Waals surface area contributed by atoms with E-state index in [0.717, 1.165) is 12.8 Å². The average Bonchev–Trinajstić information content (AvgIpc) is 3.29. The van der Waals surface area contributed by atoms with Crippen LogP contribution in [0.1, 0.15) is 30.1 Å². The van der Waals surface area contributed by atoms with Gasteiger partial charge < -0.3 is 15.2 Å². The van der Waals surface area contributed by atoms with Gasteiger partial charge in [-0.3, -0.25) is 9.59 Å². The second-order valence-corrected chi connectivity index (χ2v) is 6.98. The summed E-state index contributed by atoms with van der Waals surface area (Å²) in [6.45, 7) is 1.32. The van der Waals surface area contributed by atoms with Crippen LogP contribution in [0.5, 0.6) is 5.75 Å². The second-order valence-electron chi connectivity index (χ2n) is 5.29. The lowest BCUT2D eigenvalue weighted by molar-refractivity contribution is -0.138. The standard InChI is InChI=1S/C14H18N2O6S/c1-8(14(18)19)15-13(17)9-3-6-11(22-2)12(7-9)23(20,21)16-10-4-5-10/h3,6-8,10,16H,4-5H2,1-2H3,(H,15,17)(H,18,19). The minimum absolute atomic E-state index is 0.0371. The molecule has 0 saturated heterocycles. The van der Waals surface area contributed by atoms with Crippen LogP contribution in [0.3, 0.4) is 0 Å². The molecule has 0 bridgehead atoms. The van der Waals surface area contributed by atoms with E-state index >= 15 is 0 Å². The predicted molar refractivity (Wildman–Crippen MR) is 80.9 cm³/mol. The molecule has 3 N–H and O–H groups in total. The number of benzene rings is 1. The predicted octanol–water partition coefficient (Wildman–Crippen LogP) is 0.339. The Morgan fingerprint density at radius 3 is 2.52 bits per heavy atom. The molecule has 1 aromatic rings. The molecule has 1 fully saturated rings. The molecule has 0 heterocycles. The Morgan fingerprint density at radius 1 is 1.35 bits per heavy atom. The summed E-state index contributed by atoms with van der Waals surface area (Å²) in [4.78, 5) is 22.7. The highest BCUT2D eigenvalue weighted by atomic mass is 32.2. The van der Waals surface area contributed by atoms with Crippen LogP contribution in [0.2, 0.25) is 0 Å². The normalized spacial score (nSPS) is 15.7. The Kier molecular flexibility index (Phi) is 4.90. The van der Waals surface area contributed by atoms with E-state index in [1.165, 1.54) is 32.2 Å². The zero-order chi connectivity index (χ0) is 17.2. The highest BCUT2D eigenvalue weighted by Crippen LogP contribution is 2.28. The number of carbonyl (C=O) groups is 2. The van der Waals surface area contributed by atoms with Crippen molar-refractivity contribution in [3.8, 4) is 5.75 Å². The number of methoxy groups -OCH3 is 1. The van der Waals surface area contributed by atoms with Crippen molar-refractivity contribution in [1.82, 2.24) is 10.0 Å². The second kappa shape index (κ2) is 6.55. The van der Waals surface area contributed by atoms with Gasteiger partial charge in [-0.15, -0.1) is 0 Å². The average molecular weight is 342 g/mol. The minimum atomic E-state index is -3.81. The van der Waals surface area contributed by atoms with Gasteiger partial charge in [0.15, 0.2) is 0 Å². The van der Waals surface area contributed by atoms with E-state index in [9.17, 15) is 18.0 Å². The van der Waals surface area contributed by atoms with Crippen LogP contribution < -0.4 is 14.8 Å². The van der Waals surface area contributed by atoms with Crippen molar-refractivity contribution in [3.63, 3.8) is 0 Å². The quantitative estimate of drug-likeness (QED) is 0.657. The minimum Gasteiger partial charge on any atom is -0.495 e. The van der Waals surface area contributed by atoms with Gasteiger partial charge in [-0.2, -0.15) is 0 Å². The summed E-state index contributed by atoms with van der Waals surface area (Å²) in [7, 11) is -2.48. The number of hydrogen-bond donors (Lipinski definition) is 3. The molecule has 9 heteroatoms. The maximum atomic E-state index is 12.4. The molecule has 1 atom stereocenters. The first-order chi connectivity index (χ1) is 10.7. The van der Waals surface area contributed by atoms with Gasteiger partial charge in [0.05, 0.1) is 7.11 Å². The van der Waals surface area contributed by atoms with Gasteiger partial charge >= 0.3 is 5.97 Å². The Morgan fingerprint density at radius 2 is 2.00 bits per heavy atom. The van der Waals surface area contributed by atoms with Crippen molar-refractivity contribution >= 4 is 21.9 Å². The molecule has 23 heavy (non-hydrogen) atoms. The Bertz CT molecular complexity index is 727. The maximum Gasteiger partial charge on any atom is 0.325 e. The molecule has 0 aliphatic heterocycles. The maximum absolute atomic E-state index is 12.4. The number of sulfonamides is 1. The number of amides is 1. The number of ether oxygens (including phenoxy) is 1. The van der Waals surface area contributed by atoms with E-state index in [2.05, 4.69) is 10.0 Å². The molecule has 0 spiro atoms. The number of hydrogen-bond acceptors (Lipinski definition) is 5. The first-order valence-electron chi connectivity index (χ1n) is 6.98. The van der Waals surface area contributed by atoms with Gasteiger partial charge in [-0.05, 0) is 38.0 Å². The highest BCUT2D eigenvalue weighted by Gasteiger charge is 2.30. The Balaban J connectivity index is 2.31. The van der Waals surface area contributed by atoms with Gasteiger partial charge in [0, 0.05) is 11.6 Å². The van der Waals surface area contributed by atoms with Crippen LogP contribution in [0.4, 0.5) is 0 Å². The molecule has 2 rings (SSSR count). The number of aliphatic carboxylic acids is 1. The third-order valence-electron chi connectivity index (χ3n) is 3.33. The van der Waals surface area contributed by atoms with Crippen LogP contribution in [-0.2, 0) is 14.8 Å². The summed E-state index contributed by atoms with van der Waals surface area (Å²) in [6.07, 6.45) is 1.55. The molecule has 1 aromatic carbocycles. The molecule has 1 unspecified atom stereocenters. The number of carbonyl (C=O) groups excluding carboxylic acids is 1. The molecule has 126 valence electrons. The fourth-order valence-electron chi connectivity index (χ4n) is 1.85. The molecule has 0 aromatic heterocycles. The number of carboxylic acid groups (broad SMARTS) is 1. The molecule has 1 saturated carbocycles. The summed E-state index contributed by atoms with van der Waals surface area (Å²) in [5, 5.41) is 11.1. The van der Waals surface area contributed by atoms with E-state index in [1.807, 2.05) is 0 Å². The van der Waals surface area contributed by atoms with E-state index in [-0.39, 0.29) is 22.3 Å². The fraction of sp³-hybridized carbons (Fsp3) is 0.429. The third-order valence-corrected chi connectivity index (χ3v) is 4.87. The summed E-state index contributed by atoms with van der Waals surface area (Å²) in [5.74, 6) is -1.75. The third kappa shape index (κ3) is 4.20. The van der Waals surface area contributed by atoms with Crippen LogP contribution in [-0.4, -0.2) is 44.6 Å². The Hall–Kier alpha value is -2.13. The van der Waals surface area contributed by atoms with E-state index in [4.69, 9.17) is 9.84 Å². The van der Waals surface area contributed by atoms with Gasteiger partial charge in [0.1, 0.15) is 16.7 Å². The van der Waals surface area contributed by atoms with Crippen molar-refractivity contribution in [2.24, 2.45) is 0 Å². The van der Waals surface area contributed by atoms with Crippen LogP contribution in [0.25, 0.3) is 0 Å². The van der Waals surface area contributed by atoms with Crippen molar-refractivity contribution in [2.45, 2.75) is 36.7 Å². The molecular weight excluding hydrogens is 324 g/mol. The highest BCUT2D eigenvalue weighted by molar-refractivity contribution is 7.89. The largest absolute Gasteiger partial charge is 0.495 e. The van der Waals surface area contributed by atoms with Gasteiger partial charge in [0.2, 0.25) is 10.0 Å². The lowest BCUT2D eigenvalue weighted by Gasteiger charge is -2.13. The van der Waals surface area contributed by atoms with E-state index < -0.39 is 27.9 Å². The molecule has 1 aliphatic rings. The van der Waals surface area contributed by atoms with Crippen LogP contribution >= 0.6 is 0 Å². The van der Waals surface area contributed by atoms with Crippen LogP contribution in [0.15, 0.2) is 23.1 Å². The number of nitrogens with one attached hydrogen (secondary N) is 2. The smallest absolute Gasteiger partial charge is 0.325 e. The zero-order valence-electron chi connectivity index (χ0n) is 12.7. The van der Waals surface area contributed by atoms with Crippen molar-refractivity contribution in [2.75, 3.05) is 7.11 Å². The van der Waals surface area contributed by atoms with Crippen molar-refractivity contribution < 1.29 is 27.9 Å². The van der Waals surface area contributed by atoms with Gasteiger partial charge in [-0.25, -0.2) is 13.1 Å². The first kappa shape index (κ1) is 17.2. The lowest BCUT2D eigenvalue weighted by atomic mass is 10.2.